The number of rotatable bonds is 4. The number of halogens is 1. The van der Waals surface area contributed by atoms with Crippen molar-refractivity contribution in [3.8, 4) is 0 Å². The number of benzene rings is 2. The highest BCUT2D eigenvalue weighted by Gasteiger charge is 2.21. The molecule has 0 unspecified atom stereocenters. The number of amides is 1. The minimum absolute atomic E-state index is 0.121. The Morgan fingerprint density at radius 2 is 1.91 bits per heavy atom. The lowest BCUT2D eigenvalue weighted by Gasteiger charge is -2.29. The van der Waals surface area contributed by atoms with Gasteiger partial charge >= 0.3 is 0 Å². The second kappa shape index (κ2) is 6.97. The Kier molecular flexibility index (Phi) is 4.78. The Labute approximate surface area is 134 Å². The van der Waals surface area contributed by atoms with Gasteiger partial charge in [-0.3, -0.25) is 4.79 Å². The van der Waals surface area contributed by atoms with E-state index >= 15 is 0 Å². The van der Waals surface area contributed by atoms with Crippen LogP contribution in [0.15, 0.2) is 53.4 Å². The summed E-state index contributed by atoms with van der Waals surface area (Å²) in [5.41, 5.74) is 2.28. The van der Waals surface area contributed by atoms with E-state index in [-0.39, 0.29) is 11.7 Å². The molecule has 2 aromatic carbocycles. The molecule has 1 aliphatic heterocycles. The first kappa shape index (κ1) is 15.1. The monoisotopic (exact) mass is 315 g/mol. The molecule has 2 aromatic rings. The molecule has 0 N–H and O–H groups in total. The average molecular weight is 315 g/mol. The predicted octanol–water partition coefficient (Wildman–Crippen LogP) is 4.29. The standard InChI is InChI=1S/C18H18FNOS/c19-15-8-2-4-10-17(15)22-13-11-18(21)20-12-5-7-14-6-1-3-9-16(14)20/h1-4,6,8-10H,5,7,11-13H2. The van der Waals surface area contributed by atoms with E-state index in [9.17, 15) is 9.18 Å². The van der Waals surface area contributed by atoms with Gasteiger partial charge in [0.15, 0.2) is 0 Å². The van der Waals surface area contributed by atoms with E-state index < -0.39 is 0 Å². The number of thioether (sulfide) groups is 1. The number of anilines is 1. The Morgan fingerprint density at radius 3 is 2.77 bits per heavy atom. The van der Waals surface area contributed by atoms with E-state index in [1.54, 1.807) is 12.1 Å². The third kappa shape index (κ3) is 3.33. The summed E-state index contributed by atoms with van der Waals surface area (Å²) in [6.45, 7) is 0.778. The molecule has 1 amide bonds. The minimum Gasteiger partial charge on any atom is -0.312 e. The summed E-state index contributed by atoms with van der Waals surface area (Å²) in [6, 6.07) is 14.8. The number of hydrogen-bond acceptors (Lipinski definition) is 2. The SMILES string of the molecule is O=C(CCSc1ccccc1F)N1CCCc2ccccc21. The number of aryl methyl sites for hydroxylation is 1. The van der Waals surface area contributed by atoms with E-state index in [4.69, 9.17) is 0 Å². The van der Waals surface area contributed by atoms with E-state index in [1.165, 1.54) is 23.4 Å². The Balaban J connectivity index is 1.60. The summed E-state index contributed by atoms with van der Waals surface area (Å²) in [5, 5.41) is 0. The molecule has 2 nitrogen and oxygen atoms in total. The zero-order valence-corrected chi connectivity index (χ0v) is 13.1. The maximum Gasteiger partial charge on any atom is 0.227 e. The molecule has 0 radical (unpaired) electrons. The molecule has 3 rings (SSSR count). The first-order chi connectivity index (χ1) is 10.8. The highest BCUT2D eigenvalue weighted by molar-refractivity contribution is 7.99. The van der Waals surface area contributed by atoms with Crippen molar-refractivity contribution in [2.45, 2.75) is 24.2 Å². The number of hydrogen-bond donors (Lipinski definition) is 0. The van der Waals surface area contributed by atoms with Gasteiger partial charge in [0.25, 0.3) is 0 Å². The quantitative estimate of drug-likeness (QED) is 0.785. The van der Waals surface area contributed by atoms with Gasteiger partial charge in [-0.15, -0.1) is 11.8 Å². The summed E-state index contributed by atoms with van der Waals surface area (Å²) >= 11 is 1.40. The third-order valence-corrected chi connectivity index (χ3v) is 4.87. The third-order valence-electron chi connectivity index (χ3n) is 3.82. The fourth-order valence-corrected chi connectivity index (χ4v) is 3.62. The van der Waals surface area contributed by atoms with Gasteiger partial charge in [-0.25, -0.2) is 4.39 Å². The van der Waals surface area contributed by atoms with Gasteiger partial charge in [-0.05, 0) is 36.6 Å². The van der Waals surface area contributed by atoms with Crippen LogP contribution in [0.3, 0.4) is 0 Å². The minimum atomic E-state index is -0.219. The van der Waals surface area contributed by atoms with Gasteiger partial charge in [0.05, 0.1) is 0 Å². The summed E-state index contributed by atoms with van der Waals surface area (Å²) in [4.78, 5) is 14.9. The number of carbonyl (C=O) groups is 1. The second-order valence-electron chi connectivity index (χ2n) is 5.31. The van der Waals surface area contributed by atoms with E-state index in [2.05, 4.69) is 6.07 Å². The van der Waals surface area contributed by atoms with Crippen LogP contribution in [0.1, 0.15) is 18.4 Å². The van der Waals surface area contributed by atoms with Crippen molar-refractivity contribution >= 4 is 23.4 Å². The number of fused-ring (bicyclic) bond motifs is 1. The molecule has 0 bridgehead atoms. The van der Waals surface area contributed by atoms with Crippen molar-refractivity contribution in [3.63, 3.8) is 0 Å². The van der Waals surface area contributed by atoms with E-state index in [0.717, 1.165) is 25.1 Å². The lowest BCUT2D eigenvalue weighted by atomic mass is 10.0. The lowest BCUT2D eigenvalue weighted by molar-refractivity contribution is -0.118. The summed E-state index contributed by atoms with van der Waals surface area (Å²) in [5.74, 6) is 0.498. The van der Waals surface area contributed by atoms with Gasteiger partial charge < -0.3 is 4.90 Å². The maximum absolute atomic E-state index is 13.5. The Bertz CT molecular complexity index is 674. The van der Waals surface area contributed by atoms with Crippen molar-refractivity contribution in [2.75, 3.05) is 17.2 Å². The van der Waals surface area contributed by atoms with Crippen LogP contribution in [0, 0.1) is 5.82 Å². The van der Waals surface area contributed by atoms with Gasteiger partial charge in [0.2, 0.25) is 5.91 Å². The van der Waals surface area contributed by atoms with Crippen LogP contribution in [0.5, 0.6) is 0 Å². The van der Waals surface area contributed by atoms with Crippen LogP contribution < -0.4 is 4.90 Å². The molecule has 0 saturated carbocycles. The van der Waals surface area contributed by atoms with Crippen molar-refractivity contribution in [3.05, 3.63) is 59.9 Å². The van der Waals surface area contributed by atoms with Crippen LogP contribution in [-0.4, -0.2) is 18.2 Å². The van der Waals surface area contributed by atoms with Gasteiger partial charge in [-0.1, -0.05) is 30.3 Å². The molecule has 0 saturated heterocycles. The molecule has 1 aliphatic rings. The normalized spacial score (nSPS) is 13.8. The van der Waals surface area contributed by atoms with Gasteiger partial charge in [0.1, 0.15) is 5.82 Å². The number of carbonyl (C=O) groups excluding carboxylic acids is 1. The van der Waals surface area contributed by atoms with Gasteiger partial charge in [0, 0.05) is 29.3 Å². The topological polar surface area (TPSA) is 20.3 Å². The fourth-order valence-electron chi connectivity index (χ4n) is 2.74. The second-order valence-corrected chi connectivity index (χ2v) is 6.44. The zero-order valence-electron chi connectivity index (χ0n) is 12.3. The maximum atomic E-state index is 13.5. The van der Waals surface area contributed by atoms with Gasteiger partial charge in [-0.2, -0.15) is 0 Å². The Morgan fingerprint density at radius 1 is 1.14 bits per heavy atom. The fraction of sp³-hybridized carbons (Fsp3) is 0.278. The molecular weight excluding hydrogens is 297 g/mol. The molecule has 0 atom stereocenters. The molecule has 0 spiro atoms. The first-order valence-electron chi connectivity index (χ1n) is 7.51. The largest absolute Gasteiger partial charge is 0.312 e. The molecule has 0 aliphatic carbocycles. The van der Waals surface area contributed by atoms with E-state index in [1.807, 2.05) is 29.2 Å². The van der Waals surface area contributed by atoms with Crippen molar-refractivity contribution in [1.82, 2.24) is 0 Å². The number of para-hydroxylation sites is 1. The highest BCUT2D eigenvalue weighted by atomic mass is 32.2. The average Bonchev–Trinajstić information content (AvgIpc) is 2.56. The first-order valence-corrected chi connectivity index (χ1v) is 8.50. The van der Waals surface area contributed by atoms with E-state index in [0.29, 0.717) is 17.1 Å². The Hall–Kier alpha value is -1.81. The van der Waals surface area contributed by atoms with Crippen molar-refractivity contribution in [2.24, 2.45) is 0 Å². The van der Waals surface area contributed by atoms with Crippen molar-refractivity contribution in [1.29, 1.82) is 0 Å². The molecular formula is C18H18FNOS. The molecule has 0 fully saturated rings. The smallest absolute Gasteiger partial charge is 0.227 e. The zero-order chi connectivity index (χ0) is 15.4. The molecule has 0 aromatic heterocycles. The lowest BCUT2D eigenvalue weighted by Crippen LogP contribution is -2.35. The molecule has 22 heavy (non-hydrogen) atoms. The van der Waals surface area contributed by atoms with Crippen LogP contribution in [0.25, 0.3) is 0 Å². The van der Waals surface area contributed by atoms with Crippen molar-refractivity contribution < 1.29 is 9.18 Å². The summed E-state index contributed by atoms with van der Waals surface area (Å²) in [7, 11) is 0. The summed E-state index contributed by atoms with van der Waals surface area (Å²) in [6.07, 6.45) is 2.46. The molecule has 114 valence electrons. The molecule has 4 heteroatoms. The summed E-state index contributed by atoms with van der Waals surface area (Å²) < 4.78 is 13.5. The number of nitrogens with zero attached hydrogens (tertiary/aromatic N) is 1. The predicted molar refractivity (Wildman–Crippen MR) is 88.9 cm³/mol. The van der Waals surface area contributed by atoms with Crippen LogP contribution in [0.2, 0.25) is 0 Å². The van der Waals surface area contributed by atoms with Crippen LogP contribution in [0.4, 0.5) is 10.1 Å². The van der Waals surface area contributed by atoms with Crippen LogP contribution >= 0.6 is 11.8 Å². The van der Waals surface area contributed by atoms with Crippen LogP contribution in [-0.2, 0) is 11.2 Å². The molecule has 1 heterocycles. The highest BCUT2D eigenvalue weighted by Crippen LogP contribution is 2.28.